The summed E-state index contributed by atoms with van der Waals surface area (Å²) < 4.78 is 0. The molecule has 154 valence electrons. The summed E-state index contributed by atoms with van der Waals surface area (Å²) in [6.07, 6.45) is 4.96. The summed E-state index contributed by atoms with van der Waals surface area (Å²) >= 11 is 0. The van der Waals surface area contributed by atoms with Crippen LogP contribution < -0.4 is 0 Å². The molecule has 1 aliphatic carbocycles. The highest BCUT2D eigenvalue weighted by atomic mass is 16.2. The van der Waals surface area contributed by atoms with Crippen LogP contribution >= 0.6 is 0 Å². The number of amides is 2. The molecule has 4 atom stereocenters. The summed E-state index contributed by atoms with van der Waals surface area (Å²) in [4.78, 5) is 28.7. The van der Waals surface area contributed by atoms with Crippen LogP contribution in [0.5, 0.6) is 0 Å². The molecule has 0 radical (unpaired) electrons. The number of allylic oxidation sites excluding steroid dienone is 2. The SMILES string of the molecule is O=C1[C@H]2[C@H](C(=O)N1CCc1ccccc1)[C@H](c1ccccc1)C=C[C@@H]2c1ccccc1. The van der Waals surface area contributed by atoms with Gasteiger partial charge in [0.1, 0.15) is 0 Å². The van der Waals surface area contributed by atoms with Gasteiger partial charge in [0.05, 0.1) is 11.8 Å². The number of rotatable bonds is 5. The minimum absolute atomic E-state index is 0.0370. The van der Waals surface area contributed by atoms with Gasteiger partial charge in [-0.2, -0.15) is 0 Å². The van der Waals surface area contributed by atoms with E-state index >= 15 is 0 Å². The van der Waals surface area contributed by atoms with E-state index in [0.29, 0.717) is 13.0 Å². The summed E-state index contributed by atoms with van der Waals surface area (Å²) in [5.41, 5.74) is 3.31. The van der Waals surface area contributed by atoms with Crippen molar-refractivity contribution in [3.05, 3.63) is 120 Å². The number of carbonyl (C=O) groups is 2. The zero-order valence-corrected chi connectivity index (χ0v) is 17.3. The van der Waals surface area contributed by atoms with Gasteiger partial charge in [0.15, 0.2) is 0 Å². The molecule has 0 N–H and O–H groups in total. The molecule has 2 amide bonds. The number of nitrogens with zero attached hydrogens (tertiary/aromatic N) is 1. The Balaban J connectivity index is 1.50. The van der Waals surface area contributed by atoms with Crippen LogP contribution in [0.25, 0.3) is 0 Å². The van der Waals surface area contributed by atoms with Crippen LogP contribution in [0.4, 0.5) is 0 Å². The second-order valence-corrected chi connectivity index (χ2v) is 8.37. The Kier molecular flexibility index (Phi) is 5.25. The average molecular weight is 408 g/mol. The van der Waals surface area contributed by atoms with E-state index in [-0.39, 0.29) is 35.5 Å². The smallest absolute Gasteiger partial charge is 0.234 e. The lowest BCUT2D eigenvalue weighted by Crippen LogP contribution is -2.33. The van der Waals surface area contributed by atoms with Crippen molar-refractivity contribution >= 4 is 11.8 Å². The lowest BCUT2D eigenvalue weighted by molar-refractivity contribution is -0.139. The van der Waals surface area contributed by atoms with Crippen molar-refractivity contribution < 1.29 is 9.59 Å². The number of imide groups is 1. The first-order valence-corrected chi connectivity index (χ1v) is 10.9. The minimum atomic E-state index is -0.360. The molecular weight excluding hydrogens is 382 g/mol. The molecule has 0 unspecified atom stereocenters. The van der Waals surface area contributed by atoms with E-state index in [1.807, 2.05) is 66.7 Å². The minimum Gasteiger partial charge on any atom is -0.282 e. The highest BCUT2D eigenvalue weighted by Gasteiger charge is 2.54. The summed E-state index contributed by atoms with van der Waals surface area (Å²) in [5, 5.41) is 0. The summed E-state index contributed by atoms with van der Waals surface area (Å²) in [6, 6.07) is 30.2. The van der Waals surface area contributed by atoms with Crippen molar-refractivity contribution in [3.8, 4) is 0 Å². The quantitative estimate of drug-likeness (QED) is 0.442. The lowest BCUT2D eigenvalue weighted by atomic mass is 9.68. The molecule has 0 aromatic heterocycles. The maximum Gasteiger partial charge on any atom is 0.234 e. The molecule has 31 heavy (non-hydrogen) atoms. The summed E-state index contributed by atoms with van der Waals surface area (Å²) in [7, 11) is 0. The molecule has 1 fully saturated rings. The molecule has 1 saturated heterocycles. The van der Waals surface area contributed by atoms with Crippen LogP contribution in [0.3, 0.4) is 0 Å². The summed E-state index contributed by atoms with van der Waals surface area (Å²) in [5.74, 6) is -0.953. The summed E-state index contributed by atoms with van der Waals surface area (Å²) in [6.45, 7) is 0.428. The normalized spacial score (nSPS) is 25.0. The van der Waals surface area contributed by atoms with Crippen LogP contribution in [0.1, 0.15) is 28.5 Å². The number of hydrogen-bond donors (Lipinski definition) is 0. The maximum atomic E-state index is 13.6. The van der Waals surface area contributed by atoms with Crippen molar-refractivity contribution in [2.75, 3.05) is 6.54 Å². The largest absolute Gasteiger partial charge is 0.282 e. The zero-order valence-electron chi connectivity index (χ0n) is 17.3. The molecule has 0 spiro atoms. The van der Waals surface area contributed by atoms with E-state index < -0.39 is 0 Å². The van der Waals surface area contributed by atoms with Gasteiger partial charge in [0.25, 0.3) is 0 Å². The van der Waals surface area contributed by atoms with E-state index in [9.17, 15) is 9.59 Å². The lowest BCUT2D eigenvalue weighted by Gasteiger charge is -2.32. The first-order chi connectivity index (χ1) is 15.2. The van der Waals surface area contributed by atoms with E-state index in [1.165, 1.54) is 4.90 Å². The van der Waals surface area contributed by atoms with Crippen molar-refractivity contribution in [2.24, 2.45) is 11.8 Å². The number of hydrogen-bond acceptors (Lipinski definition) is 2. The molecule has 0 saturated carbocycles. The Labute approximate surface area is 183 Å². The number of likely N-dealkylation sites (tertiary alicyclic amines) is 1. The number of fused-ring (bicyclic) bond motifs is 1. The highest BCUT2D eigenvalue weighted by molar-refractivity contribution is 6.06. The molecular formula is C28H25NO2. The van der Waals surface area contributed by atoms with E-state index in [4.69, 9.17) is 0 Å². The fourth-order valence-electron chi connectivity index (χ4n) is 5.10. The van der Waals surface area contributed by atoms with Gasteiger partial charge in [-0.3, -0.25) is 14.5 Å². The van der Waals surface area contributed by atoms with E-state index in [2.05, 4.69) is 36.4 Å². The fourth-order valence-corrected chi connectivity index (χ4v) is 5.10. The zero-order chi connectivity index (χ0) is 21.2. The van der Waals surface area contributed by atoms with Gasteiger partial charge in [0, 0.05) is 18.4 Å². The molecule has 3 aromatic rings. The predicted molar refractivity (Wildman–Crippen MR) is 121 cm³/mol. The van der Waals surface area contributed by atoms with Gasteiger partial charge in [-0.1, -0.05) is 103 Å². The number of carbonyl (C=O) groups excluding carboxylic acids is 2. The highest BCUT2D eigenvalue weighted by Crippen LogP contribution is 2.49. The predicted octanol–water partition coefficient (Wildman–Crippen LogP) is 4.97. The van der Waals surface area contributed by atoms with Crippen molar-refractivity contribution in [1.82, 2.24) is 4.90 Å². The van der Waals surface area contributed by atoms with Gasteiger partial charge < -0.3 is 0 Å². The van der Waals surface area contributed by atoms with Crippen molar-refractivity contribution in [2.45, 2.75) is 18.3 Å². The van der Waals surface area contributed by atoms with Gasteiger partial charge >= 0.3 is 0 Å². The van der Waals surface area contributed by atoms with Crippen LogP contribution in [0, 0.1) is 11.8 Å². The standard InChI is InChI=1S/C28H25NO2/c30-27-25-23(21-12-6-2-7-13-21)16-17-24(22-14-8-3-9-15-22)26(25)28(31)29(27)19-18-20-10-4-1-5-11-20/h1-17,23-26H,18-19H2/t23-,24+,25-,26-/m1/s1. The first kappa shape index (κ1) is 19.5. The van der Waals surface area contributed by atoms with E-state index in [1.54, 1.807) is 0 Å². The number of benzene rings is 3. The Bertz CT molecular complexity index is 1020. The third kappa shape index (κ3) is 3.61. The van der Waals surface area contributed by atoms with Crippen molar-refractivity contribution in [3.63, 3.8) is 0 Å². The van der Waals surface area contributed by atoms with Crippen LogP contribution in [0.15, 0.2) is 103 Å². The fraction of sp³-hybridized carbons (Fsp3) is 0.214. The Morgan fingerprint density at radius 2 is 1.00 bits per heavy atom. The third-order valence-electron chi connectivity index (χ3n) is 6.62. The molecule has 0 bridgehead atoms. The van der Waals surface area contributed by atoms with E-state index in [0.717, 1.165) is 16.7 Å². The molecule has 3 heteroatoms. The van der Waals surface area contributed by atoms with Crippen LogP contribution in [-0.4, -0.2) is 23.3 Å². The Morgan fingerprint density at radius 1 is 0.581 bits per heavy atom. The third-order valence-corrected chi connectivity index (χ3v) is 6.62. The van der Waals surface area contributed by atoms with Crippen molar-refractivity contribution in [1.29, 1.82) is 0 Å². The average Bonchev–Trinajstić information content (AvgIpc) is 3.09. The maximum absolute atomic E-state index is 13.6. The molecule has 3 aromatic carbocycles. The molecule has 5 rings (SSSR count). The Hall–Kier alpha value is -3.46. The van der Waals surface area contributed by atoms with Gasteiger partial charge in [0.2, 0.25) is 11.8 Å². The first-order valence-electron chi connectivity index (χ1n) is 10.9. The van der Waals surface area contributed by atoms with Gasteiger partial charge in [-0.05, 0) is 23.1 Å². The second-order valence-electron chi connectivity index (χ2n) is 8.37. The topological polar surface area (TPSA) is 37.4 Å². The molecule has 1 heterocycles. The van der Waals surface area contributed by atoms with Crippen LogP contribution in [0.2, 0.25) is 0 Å². The monoisotopic (exact) mass is 407 g/mol. The van der Waals surface area contributed by atoms with Gasteiger partial charge in [-0.25, -0.2) is 0 Å². The van der Waals surface area contributed by atoms with Gasteiger partial charge in [-0.15, -0.1) is 0 Å². The molecule has 2 aliphatic rings. The molecule has 1 aliphatic heterocycles. The second kappa shape index (κ2) is 8.35. The molecule has 3 nitrogen and oxygen atoms in total. The Morgan fingerprint density at radius 3 is 1.45 bits per heavy atom. The van der Waals surface area contributed by atoms with Crippen LogP contribution in [-0.2, 0) is 16.0 Å².